The molecular formula is C24H27FN2O3. The Morgan fingerprint density at radius 3 is 2.30 bits per heavy atom. The van der Waals surface area contributed by atoms with Crippen LogP contribution in [0.1, 0.15) is 36.6 Å². The first-order chi connectivity index (χ1) is 14.4. The molecule has 0 bridgehead atoms. The molecule has 0 saturated carbocycles. The Hall–Kier alpha value is -2.99. The van der Waals surface area contributed by atoms with E-state index < -0.39 is 23.5 Å². The van der Waals surface area contributed by atoms with Crippen molar-refractivity contribution in [2.45, 2.75) is 26.8 Å². The van der Waals surface area contributed by atoms with Crippen LogP contribution in [0.4, 0.5) is 4.39 Å². The third-order valence-corrected chi connectivity index (χ3v) is 5.62. The number of carbonyl (C=O) groups excluding carboxylic acids is 2. The highest BCUT2D eigenvalue weighted by molar-refractivity contribution is 6.46. The summed E-state index contributed by atoms with van der Waals surface area (Å²) in [7, 11) is 0. The van der Waals surface area contributed by atoms with Crippen LogP contribution in [-0.4, -0.2) is 52.8 Å². The van der Waals surface area contributed by atoms with Gasteiger partial charge < -0.3 is 14.9 Å². The number of likely N-dealkylation sites (N-methyl/N-ethyl adjacent to an activating group) is 1. The molecule has 6 heteroatoms. The van der Waals surface area contributed by atoms with E-state index in [4.69, 9.17) is 0 Å². The molecule has 1 atom stereocenters. The molecule has 2 aromatic rings. The van der Waals surface area contributed by atoms with Crippen LogP contribution in [0.5, 0.6) is 0 Å². The fourth-order valence-electron chi connectivity index (χ4n) is 3.79. The average molecular weight is 410 g/mol. The van der Waals surface area contributed by atoms with Crippen LogP contribution in [0.25, 0.3) is 5.76 Å². The first kappa shape index (κ1) is 21.7. The van der Waals surface area contributed by atoms with Crippen molar-refractivity contribution in [3.05, 3.63) is 76.6 Å². The van der Waals surface area contributed by atoms with Gasteiger partial charge in [0.15, 0.2) is 0 Å². The van der Waals surface area contributed by atoms with Gasteiger partial charge >= 0.3 is 0 Å². The van der Waals surface area contributed by atoms with E-state index in [1.807, 2.05) is 32.9 Å². The number of benzene rings is 2. The van der Waals surface area contributed by atoms with Crippen LogP contribution in [0.15, 0.2) is 54.1 Å². The number of halogens is 1. The van der Waals surface area contributed by atoms with Crippen LogP contribution in [0.2, 0.25) is 0 Å². The fourth-order valence-corrected chi connectivity index (χ4v) is 3.79. The number of rotatable bonds is 7. The highest BCUT2D eigenvalue weighted by atomic mass is 19.1. The largest absolute Gasteiger partial charge is 0.507 e. The molecular weight excluding hydrogens is 383 g/mol. The lowest BCUT2D eigenvalue weighted by molar-refractivity contribution is -0.140. The minimum atomic E-state index is -0.969. The van der Waals surface area contributed by atoms with E-state index in [-0.39, 0.29) is 23.4 Å². The zero-order valence-corrected chi connectivity index (χ0v) is 17.6. The fraction of sp³-hybridized carbons (Fsp3) is 0.333. The van der Waals surface area contributed by atoms with Crippen LogP contribution in [0.3, 0.4) is 0 Å². The zero-order chi connectivity index (χ0) is 21.8. The topological polar surface area (TPSA) is 60.9 Å². The molecule has 0 aliphatic carbocycles. The number of hydrogen-bond donors (Lipinski definition) is 1. The minimum absolute atomic E-state index is 0.0755. The number of likely N-dealkylation sites (tertiary alicyclic amines) is 1. The number of aliphatic hydroxyl groups excluding tert-OH is 1. The third-order valence-electron chi connectivity index (χ3n) is 5.62. The van der Waals surface area contributed by atoms with Gasteiger partial charge in [0.25, 0.3) is 11.7 Å². The van der Waals surface area contributed by atoms with E-state index in [9.17, 15) is 19.1 Å². The van der Waals surface area contributed by atoms with Crippen LogP contribution >= 0.6 is 0 Å². The lowest BCUT2D eigenvalue weighted by atomic mass is 9.94. The standard InChI is InChI=1S/C24H27FN2O3/c1-4-26(5-2)14-15-27-21(18-8-6-7-9-19(18)25)20(23(29)24(27)30)22(28)17-12-10-16(3)11-13-17/h6-13,21,28H,4-5,14-15H2,1-3H3/b22-20-. The number of nitrogens with zero attached hydrogens (tertiary/aromatic N) is 2. The normalized spacial score (nSPS) is 18.4. The van der Waals surface area contributed by atoms with Gasteiger partial charge in [-0.1, -0.05) is 61.9 Å². The van der Waals surface area contributed by atoms with Gasteiger partial charge in [-0.3, -0.25) is 9.59 Å². The third kappa shape index (κ3) is 4.14. The summed E-state index contributed by atoms with van der Waals surface area (Å²) >= 11 is 0. The van der Waals surface area contributed by atoms with Gasteiger partial charge in [-0.25, -0.2) is 4.39 Å². The van der Waals surface area contributed by atoms with E-state index in [2.05, 4.69) is 4.90 Å². The monoisotopic (exact) mass is 410 g/mol. The molecule has 1 aliphatic heterocycles. The van der Waals surface area contributed by atoms with Crippen LogP contribution in [-0.2, 0) is 9.59 Å². The van der Waals surface area contributed by atoms with Gasteiger partial charge in [0.1, 0.15) is 11.6 Å². The lowest BCUT2D eigenvalue weighted by Crippen LogP contribution is -2.38. The highest BCUT2D eigenvalue weighted by Crippen LogP contribution is 2.40. The second kappa shape index (κ2) is 9.22. The van der Waals surface area contributed by atoms with Gasteiger partial charge in [0.05, 0.1) is 11.6 Å². The van der Waals surface area contributed by atoms with E-state index in [1.165, 1.54) is 11.0 Å². The summed E-state index contributed by atoms with van der Waals surface area (Å²) in [6.45, 7) is 8.36. The Balaban J connectivity index is 2.11. The van der Waals surface area contributed by atoms with Gasteiger partial charge in [-0.05, 0) is 26.1 Å². The predicted molar refractivity (Wildman–Crippen MR) is 114 cm³/mol. The molecule has 3 rings (SSSR count). The summed E-state index contributed by atoms with van der Waals surface area (Å²) in [5.41, 5.74) is 1.54. The molecule has 30 heavy (non-hydrogen) atoms. The molecule has 1 unspecified atom stereocenters. The molecule has 1 amide bonds. The molecule has 1 fully saturated rings. The zero-order valence-electron chi connectivity index (χ0n) is 17.6. The predicted octanol–water partition coefficient (Wildman–Crippen LogP) is 3.90. The molecule has 1 saturated heterocycles. The highest BCUT2D eigenvalue weighted by Gasteiger charge is 2.46. The quantitative estimate of drug-likeness (QED) is 0.427. The average Bonchev–Trinajstić information content (AvgIpc) is 2.99. The number of ketones is 1. The van der Waals surface area contributed by atoms with Crippen molar-refractivity contribution in [1.82, 2.24) is 9.80 Å². The number of amides is 1. The van der Waals surface area contributed by atoms with E-state index >= 15 is 0 Å². The molecule has 0 radical (unpaired) electrons. The number of Topliss-reactive ketones (excluding diaryl/α,β-unsaturated/α-hetero) is 1. The summed E-state index contributed by atoms with van der Waals surface area (Å²) in [5.74, 6) is -2.32. The summed E-state index contributed by atoms with van der Waals surface area (Å²) in [6, 6.07) is 12.1. The maximum absolute atomic E-state index is 14.7. The minimum Gasteiger partial charge on any atom is -0.507 e. The lowest BCUT2D eigenvalue weighted by Gasteiger charge is -2.28. The molecule has 158 valence electrons. The van der Waals surface area contributed by atoms with Crippen molar-refractivity contribution in [3.8, 4) is 0 Å². The molecule has 2 aromatic carbocycles. The smallest absolute Gasteiger partial charge is 0.295 e. The first-order valence-electron chi connectivity index (χ1n) is 10.2. The second-order valence-electron chi connectivity index (χ2n) is 7.41. The van der Waals surface area contributed by atoms with Gasteiger partial charge in [-0.15, -0.1) is 0 Å². The van der Waals surface area contributed by atoms with Crippen molar-refractivity contribution in [3.63, 3.8) is 0 Å². The van der Waals surface area contributed by atoms with Gasteiger partial charge in [0, 0.05) is 24.2 Å². The second-order valence-corrected chi connectivity index (χ2v) is 7.41. The number of aryl methyl sites for hydroxylation is 1. The molecule has 1 aliphatic rings. The van der Waals surface area contributed by atoms with E-state index in [0.29, 0.717) is 12.1 Å². The molecule has 1 heterocycles. The molecule has 0 spiro atoms. The van der Waals surface area contributed by atoms with Crippen molar-refractivity contribution >= 4 is 17.4 Å². The summed E-state index contributed by atoms with van der Waals surface area (Å²) in [6.07, 6.45) is 0. The van der Waals surface area contributed by atoms with E-state index in [0.717, 1.165) is 18.7 Å². The Bertz CT molecular complexity index is 965. The van der Waals surface area contributed by atoms with Crippen molar-refractivity contribution in [2.24, 2.45) is 0 Å². The van der Waals surface area contributed by atoms with Gasteiger partial charge in [-0.2, -0.15) is 0 Å². The maximum atomic E-state index is 14.7. The summed E-state index contributed by atoms with van der Waals surface area (Å²) in [4.78, 5) is 29.3. The number of aliphatic hydroxyl groups is 1. The summed E-state index contributed by atoms with van der Waals surface area (Å²) < 4.78 is 14.7. The summed E-state index contributed by atoms with van der Waals surface area (Å²) in [5, 5.41) is 11.0. The Morgan fingerprint density at radius 2 is 1.70 bits per heavy atom. The van der Waals surface area contributed by atoms with Crippen LogP contribution in [0, 0.1) is 12.7 Å². The Labute approximate surface area is 176 Å². The van der Waals surface area contributed by atoms with Gasteiger partial charge in [0.2, 0.25) is 0 Å². The van der Waals surface area contributed by atoms with Crippen molar-refractivity contribution < 1.29 is 19.1 Å². The molecule has 0 aromatic heterocycles. The van der Waals surface area contributed by atoms with Crippen molar-refractivity contribution in [2.75, 3.05) is 26.2 Å². The molecule has 5 nitrogen and oxygen atoms in total. The van der Waals surface area contributed by atoms with Crippen LogP contribution < -0.4 is 0 Å². The first-order valence-corrected chi connectivity index (χ1v) is 10.2. The molecule has 1 N–H and O–H groups in total. The van der Waals surface area contributed by atoms with Crippen molar-refractivity contribution in [1.29, 1.82) is 0 Å². The Morgan fingerprint density at radius 1 is 1.07 bits per heavy atom. The maximum Gasteiger partial charge on any atom is 0.295 e. The van der Waals surface area contributed by atoms with E-state index in [1.54, 1.807) is 30.3 Å². The number of carbonyl (C=O) groups is 2. The Kier molecular flexibility index (Phi) is 6.67. The number of hydrogen-bond acceptors (Lipinski definition) is 4. The SMILES string of the molecule is CCN(CC)CCN1C(=O)C(=O)/C(=C(\O)c2ccc(C)cc2)C1c1ccccc1F.